The normalized spacial score (nSPS) is 19.9. The van der Waals surface area contributed by atoms with E-state index in [2.05, 4.69) is 52.6 Å². The van der Waals surface area contributed by atoms with E-state index in [1.165, 1.54) is 36.8 Å². The summed E-state index contributed by atoms with van der Waals surface area (Å²) in [6.07, 6.45) is 5.27. The molecular formula is C23H38N4O2. The first-order valence-corrected chi connectivity index (χ1v) is 11.1. The van der Waals surface area contributed by atoms with Gasteiger partial charge in [-0.05, 0) is 50.2 Å². The van der Waals surface area contributed by atoms with Gasteiger partial charge in [-0.15, -0.1) is 0 Å². The van der Waals surface area contributed by atoms with Crippen LogP contribution in [-0.2, 0) is 11.3 Å². The second kappa shape index (κ2) is 11.4. The van der Waals surface area contributed by atoms with Crippen LogP contribution in [0.2, 0.25) is 0 Å². The molecule has 2 N–H and O–H groups in total. The molecule has 2 fully saturated rings. The standard InChI is InChI=1S/C23H38N4O2/c1-18-8-9-20(22(14-18)29-21-6-4-5-7-21)16-26-23(24-3)25-15-19(2)17-27-10-12-28-13-11-27/h8-9,14,19,21H,4-7,10-13,15-17H2,1-3H3,(H2,24,25,26). The molecule has 2 aliphatic rings. The fourth-order valence-electron chi connectivity index (χ4n) is 4.06. The minimum absolute atomic E-state index is 0.369. The van der Waals surface area contributed by atoms with Crippen molar-refractivity contribution in [1.29, 1.82) is 0 Å². The van der Waals surface area contributed by atoms with Gasteiger partial charge in [0.15, 0.2) is 5.96 Å². The van der Waals surface area contributed by atoms with Gasteiger partial charge >= 0.3 is 0 Å². The van der Waals surface area contributed by atoms with E-state index in [1.807, 2.05) is 7.05 Å². The highest BCUT2D eigenvalue weighted by Gasteiger charge is 2.18. The highest BCUT2D eigenvalue weighted by molar-refractivity contribution is 5.79. The van der Waals surface area contributed by atoms with Gasteiger partial charge in [0.2, 0.25) is 0 Å². The molecule has 6 nitrogen and oxygen atoms in total. The van der Waals surface area contributed by atoms with E-state index in [-0.39, 0.29) is 0 Å². The Labute approximate surface area is 176 Å². The Bertz CT molecular complexity index is 652. The van der Waals surface area contributed by atoms with Crippen molar-refractivity contribution in [2.24, 2.45) is 10.9 Å². The fraction of sp³-hybridized carbons (Fsp3) is 0.696. The fourth-order valence-corrected chi connectivity index (χ4v) is 4.06. The van der Waals surface area contributed by atoms with Crippen molar-refractivity contribution in [3.63, 3.8) is 0 Å². The Morgan fingerprint density at radius 2 is 2.00 bits per heavy atom. The lowest BCUT2D eigenvalue weighted by Crippen LogP contribution is -2.43. The predicted octanol–water partition coefficient (Wildman–Crippen LogP) is 2.95. The minimum atomic E-state index is 0.369. The summed E-state index contributed by atoms with van der Waals surface area (Å²) in [5.74, 6) is 2.40. The number of guanidine groups is 1. The number of aryl methyl sites for hydroxylation is 1. The van der Waals surface area contributed by atoms with Crippen LogP contribution in [0.4, 0.5) is 0 Å². The molecule has 0 radical (unpaired) electrons. The molecular weight excluding hydrogens is 364 g/mol. The monoisotopic (exact) mass is 402 g/mol. The van der Waals surface area contributed by atoms with Crippen LogP contribution in [0.5, 0.6) is 5.75 Å². The number of nitrogens with one attached hydrogen (secondary N) is 2. The van der Waals surface area contributed by atoms with E-state index in [4.69, 9.17) is 9.47 Å². The third-order valence-electron chi connectivity index (χ3n) is 5.78. The average molecular weight is 403 g/mol. The Morgan fingerprint density at radius 1 is 1.24 bits per heavy atom. The van der Waals surface area contributed by atoms with Crippen LogP contribution in [-0.4, -0.2) is 63.4 Å². The van der Waals surface area contributed by atoms with E-state index in [1.54, 1.807) is 0 Å². The van der Waals surface area contributed by atoms with Crippen molar-refractivity contribution in [2.45, 2.75) is 52.2 Å². The molecule has 1 aromatic rings. The first kappa shape index (κ1) is 21.9. The maximum atomic E-state index is 6.32. The zero-order chi connectivity index (χ0) is 20.5. The maximum absolute atomic E-state index is 6.32. The van der Waals surface area contributed by atoms with E-state index in [9.17, 15) is 0 Å². The maximum Gasteiger partial charge on any atom is 0.191 e. The summed E-state index contributed by atoms with van der Waals surface area (Å²) in [5, 5.41) is 6.93. The van der Waals surface area contributed by atoms with Crippen LogP contribution in [0.25, 0.3) is 0 Å². The highest BCUT2D eigenvalue weighted by atomic mass is 16.5. The highest BCUT2D eigenvalue weighted by Crippen LogP contribution is 2.27. The molecule has 0 bridgehead atoms. The molecule has 1 unspecified atom stereocenters. The van der Waals surface area contributed by atoms with Crippen LogP contribution in [0, 0.1) is 12.8 Å². The zero-order valence-corrected chi connectivity index (χ0v) is 18.4. The number of benzene rings is 1. The van der Waals surface area contributed by atoms with Crippen LogP contribution in [0.15, 0.2) is 23.2 Å². The van der Waals surface area contributed by atoms with Gasteiger partial charge < -0.3 is 20.1 Å². The number of ether oxygens (including phenoxy) is 2. The van der Waals surface area contributed by atoms with Gasteiger partial charge in [-0.1, -0.05) is 19.1 Å². The van der Waals surface area contributed by atoms with Gasteiger partial charge in [0.1, 0.15) is 5.75 Å². The number of hydrogen-bond donors (Lipinski definition) is 2. The molecule has 6 heteroatoms. The SMILES string of the molecule is CN=C(NCc1ccc(C)cc1OC1CCCC1)NCC(C)CN1CCOCC1. The second-order valence-electron chi connectivity index (χ2n) is 8.46. The van der Waals surface area contributed by atoms with E-state index >= 15 is 0 Å². The Balaban J connectivity index is 1.47. The smallest absolute Gasteiger partial charge is 0.191 e. The summed E-state index contributed by atoms with van der Waals surface area (Å²) in [5.41, 5.74) is 2.42. The Kier molecular flexibility index (Phi) is 8.62. The van der Waals surface area contributed by atoms with E-state index in [0.717, 1.165) is 51.1 Å². The third kappa shape index (κ3) is 7.19. The summed E-state index contributed by atoms with van der Waals surface area (Å²) in [7, 11) is 1.83. The Hall–Kier alpha value is -1.79. The molecule has 29 heavy (non-hydrogen) atoms. The van der Waals surface area contributed by atoms with E-state index < -0.39 is 0 Å². The van der Waals surface area contributed by atoms with Gasteiger partial charge in [0.05, 0.1) is 19.3 Å². The molecule has 0 aromatic heterocycles. The molecule has 1 atom stereocenters. The first-order chi connectivity index (χ1) is 14.1. The second-order valence-corrected chi connectivity index (χ2v) is 8.46. The molecule has 3 rings (SSSR count). The largest absolute Gasteiger partial charge is 0.490 e. The summed E-state index contributed by atoms with van der Waals surface area (Å²) in [6, 6.07) is 6.48. The van der Waals surface area contributed by atoms with Gasteiger partial charge in [-0.25, -0.2) is 0 Å². The predicted molar refractivity (Wildman–Crippen MR) is 119 cm³/mol. The minimum Gasteiger partial charge on any atom is -0.490 e. The lowest BCUT2D eigenvalue weighted by atomic mass is 10.1. The third-order valence-corrected chi connectivity index (χ3v) is 5.78. The summed E-state index contributed by atoms with van der Waals surface area (Å²) in [6.45, 7) is 10.9. The van der Waals surface area contributed by atoms with Crippen LogP contribution < -0.4 is 15.4 Å². The number of morpholine rings is 1. The lowest BCUT2D eigenvalue weighted by Gasteiger charge is -2.29. The molecule has 0 amide bonds. The number of aliphatic imine (C=N–C) groups is 1. The van der Waals surface area contributed by atoms with Crippen molar-refractivity contribution in [3.8, 4) is 5.75 Å². The number of rotatable bonds is 8. The van der Waals surface area contributed by atoms with Crippen molar-refractivity contribution in [1.82, 2.24) is 15.5 Å². The topological polar surface area (TPSA) is 58.1 Å². The summed E-state index contributed by atoms with van der Waals surface area (Å²) in [4.78, 5) is 6.87. The quantitative estimate of drug-likeness (QED) is 0.517. The molecule has 1 saturated carbocycles. The van der Waals surface area contributed by atoms with Gasteiger partial charge in [-0.3, -0.25) is 9.89 Å². The molecule has 1 saturated heterocycles. The number of hydrogen-bond acceptors (Lipinski definition) is 4. The van der Waals surface area contributed by atoms with Crippen LogP contribution in [0.1, 0.15) is 43.7 Å². The lowest BCUT2D eigenvalue weighted by molar-refractivity contribution is 0.0320. The Morgan fingerprint density at radius 3 is 2.72 bits per heavy atom. The van der Waals surface area contributed by atoms with Gasteiger partial charge in [-0.2, -0.15) is 0 Å². The molecule has 162 valence electrons. The van der Waals surface area contributed by atoms with Crippen molar-refractivity contribution in [2.75, 3.05) is 46.4 Å². The average Bonchev–Trinajstić information content (AvgIpc) is 3.23. The van der Waals surface area contributed by atoms with Crippen LogP contribution >= 0.6 is 0 Å². The molecule has 1 aliphatic carbocycles. The van der Waals surface area contributed by atoms with Gasteiger partial charge in [0.25, 0.3) is 0 Å². The van der Waals surface area contributed by atoms with Crippen molar-refractivity contribution < 1.29 is 9.47 Å². The van der Waals surface area contributed by atoms with Crippen molar-refractivity contribution >= 4 is 5.96 Å². The molecule has 1 aromatic carbocycles. The summed E-state index contributed by atoms with van der Waals surface area (Å²) >= 11 is 0. The number of nitrogens with zero attached hydrogens (tertiary/aromatic N) is 2. The first-order valence-electron chi connectivity index (χ1n) is 11.1. The zero-order valence-electron chi connectivity index (χ0n) is 18.4. The van der Waals surface area contributed by atoms with E-state index in [0.29, 0.717) is 18.6 Å². The van der Waals surface area contributed by atoms with Gasteiger partial charge in [0, 0.05) is 45.3 Å². The molecule has 0 spiro atoms. The van der Waals surface area contributed by atoms with Crippen molar-refractivity contribution in [3.05, 3.63) is 29.3 Å². The summed E-state index contributed by atoms with van der Waals surface area (Å²) < 4.78 is 11.8. The molecule has 1 aliphatic heterocycles. The van der Waals surface area contributed by atoms with Crippen LogP contribution in [0.3, 0.4) is 0 Å². The molecule has 1 heterocycles.